The molecule has 0 bridgehead atoms. The largest absolute Gasteiger partial charge is 0.467 e. The first-order valence-electron chi connectivity index (χ1n) is 7.06. The Hall–Kier alpha value is -1.59. The maximum atomic E-state index is 5.09. The number of hydrogen-bond acceptors (Lipinski definition) is 6. The molecule has 1 heterocycles. The second-order valence-electron chi connectivity index (χ2n) is 4.91. The molecule has 1 aromatic rings. The standard InChI is InChI=1S/C13H23N5O/c1-14-11-16-12(18-13(17-11)19-2)15-10-8-6-4-3-5-7-9-10/h10H,3-9H2,1-2H3,(H2,14,15,16,17,18). The van der Waals surface area contributed by atoms with E-state index in [9.17, 15) is 0 Å². The number of anilines is 2. The van der Waals surface area contributed by atoms with Gasteiger partial charge in [0.1, 0.15) is 0 Å². The van der Waals surface area contributed by atoms with E-state index in [-0.39, 0.29) is 0 Å². The summed E-state index contributed by atoms with van der Waals surface area (Å²) < 4.78 is 5.09. The van der Waals surface area contributed by atoms with Gasteiger partial charge >= 0.3 is 6.01 Å². The molecule has 0 aromatic carbocycles. The summed E-state index contributed by atoms with van der Waals surface area (Å²) in [5, 5.41) is 6.34. The van der Waals surface area contributed by atoms with Gasteiger partial charge in [-0.2, -0.15) is 15.0 Å². The summed E-state index contributed by atoms with van der Waals surface area (Å²) >= 11 is 0. The van der Waals surface area contributed by atoms with Crippen LogP contribution < -0.4 is 15.4 Å². The number of hydrogen-bond donors (Lipinski definition) is 2. The van der Waals surface area contributed by atoms with Crippen molar-refractivity contribution in [2.45, 2.75) is 51.0 Å². The highest BCUT2D eigenvalue weighted by Crippen LogP contribution is 2.20. The fourth-order valence-electron chi connectivity index (χ4n) is 2.41. The van der Waals surface area contributed by atoms with Crippen LogP contribution in [0.3, 0.4) is 0 Å². The molecule has 0 radical (unpaired) electrons. The van der Waals surface area contributed by atoms with E-state index in [1.807, 2.05) is 0 Å². The van der Waals surface area contributed by atoms with Crippen molar-refractivity contribution >= 4 is 11.9 Å². The van der Waals surface area contributed by atoms with Gasteiger partial charge in [0.25, 0.3) is 0 Å². The lowest BCUT2D eigenvalue weighted by molar-refractivity contribution is 0.379. The van der Waals surface area contributed by atoms with Crippen molar-refractivity contribution in [1.29, 1.82) is 0 Å². The molecule has 6 heteroatoms. The Morgan fingerprint density at radius 1 is 0.947 bits per heavy atom. The summed E-state index contributed by atoms with van der Waals surface area (Å²) in [7, 11) is 3.35. The van der Waals surface area contributed by atoms with E-state index < -0.39 is 0 Å². The number of rotatable bonds is 4. The molecule has 0 atom stereocenters. The molecule has 6 nitrogen and oxygen atoms in total. The van der Waals surface area contributed by atoms with E-state index in [0.717, 1.165) is 0 Å². The van der Waals surface area contributed by atoms with Crippen LogP contribution >= 0.6 is 0 Å². The number of ether oxygens (including phenoxy) is 1. The predicted molar refractivity (Wildman–Crippen MR) is 75.7 cm³/mol. The fourth-order valence-corrected chi connectivity index (χ4v) is 2.41. The SMILES string of the molecule is CNc1nc(NC2CCCCCCC2)nc(OC)n1. The Morgan fingerprint density at radius 3 is 2.21 bits per heavy atom. The molecule has 106 valence electrons. The Balaban J connectivity index is 2.03. The number of methoxy groups -OCH3 is 1. The normalized spacial score (nSPS) is 17.4. The Bertz CT molecular complexity index is 368. The monoisotopic (exact) mass is 265 g/mol. The highest BCUT2D eigenvalue weighted by molar-refractivity contribution is 5.36. The van der Waals surface area contributed by atoms with Crippen molar-refractivity contribution in [3.63, 3.8) is 0 Å². The van der Waals surface area contributed by atoms with Gasteiger partial charge in [0.2, 0.25) is 11.9 Å². The summed E-state index contributed by atoms with van der Waals surface area (Å²) in [5.74, 6) is 1.13. The molecule has 1 fully saturated rings. The van der Waals surface area contributed by atoms with E-state index in [2.05, 4.69) is 25.6 Å². The van der Waals surface area contributed by atoms with Crippen molar-refractivity contribution in [2.75, 3.05) is 24.8 Å². The maximum absolute atomic E-state index is 5.09. The number of nitrogens with one attached hydrogen (secondary N) is 2. The topological polar surface area (TPSA) is 72.0 Å². The highest BCUT2D eigenvalue weighted by Gasteiger charge is 2.14. The molecule has 0 amide bonds. The van der Waals surface area contributed by atoms with Crippen molar-refractivity contribution in [1.82, 2.24) is 15.0 Å². The quantitative estimate of drug-likeness (QED) is 0.871. The maximum Gasteiger partial charge on any atom is 0.322 e. The summed E-state index contributed by atoms with van der Waals surface area (Å²) in [6, 6.07) is 0.796. The summed E-state index contributed by atoms with van der Waals surface area (Å²) in [6.45, 7) is 0. The average Bonchev–Trinajstić information content (AvgIpc) is 2.41. The first-order valence-corrected chi connectivity index (χ1v) is 7.06. The van der Waals surface area contributed by atoms with Crippen LogP contribution in [-0.4, -0.2) is 35.2 Å². The van der Waals surface area contributed by atoms with Crippen molar-refractivity contribution in [3.05, 3.63) is 0 Å². The second kappa shape index (κ2) is 7.11. The van der Waals surface area contributed by atoms with Crippen molar-refractivity contribution in [3.8, 4) is 6.01 Å². The third kappa shape index (κ3) is 4.22. The second-order valence-corrected chi connectivity index (χ2v) is 4.91. The third-order valence-electron chi connectivity index (χ3n) is 3.46. The van der Waals surface area contributed by atoms with E-state index in [4.69, 9.17) is 4.74 Å². The molecule has 1 aliphatic rings. The first kappa shape index (κ1) is 13.8. The minimum absolute atomic E-state index is 0.340. The summed E-state index contributed by atoms with van der Waals surface area (Å²) in [6.07, 6.45) is 8.96. The van der Waals surface area contributed by atoms with Crippen LogP contribution in [0, 0.1) is 0 Å². The van der Waals surface area contributed by atoms with E-state index in [0.29, 0.717) is 23.9 Å². The zero-order chi connectivity index (χ0) is 13.5. The van der Waals surface area contributed by atoms with Crippen molar-refractivity contribution < 1.29 is 4.74 Å². The molecule has 2 N–H and O–H groups in total. The summed E-state index contributed by atoms with van der Waals surface area (Å²) in [4.78, 5) is 12.7. The van der Waals surface area contributed by atoms with Gasteiger partial charge in [0.15, 0.2) is 0 Å². The van der Waals surface area contributed by atoms with E-state index >= 15 is 0 Å². The van der Waals surface area contributed by atoms with Gasteiger partial charge in [-0.25, -0.2) is 0 Å². The molecule has 0 unspecified atom stereocenters. The lowest BCUT2D eigenvalue weighted by atomic mass is 9.97. The molecular formula is C13H23N5O. The van der Waals surface area contributed by atoms with Crippen LogP contribution in [0.5, 0.6) is 6.01 Å². The Kier molecular flexibility index (Phi) is 5.18. The third-order valence-corrected chi connectivity index (χ3v) is 3.46. The Labute approximate surface area is 114 Å². The van der Waals surface area contributed by atoms with Crippen molar-refractivity contribution in [2.24, 2.45) is 0 Å². The van der Waals surface area contributed by atoms with Gasteiger partial charge in [0, 0.05) is 13.1 Å². The van der Waals surface area contributed by atoms with Gasteiger partial charge in [-0.05, 0) is 12.8 Å². The van der Waals surface area contributed by atoms with Crippen LogP contribution in [-0.2, 0) is 0 Å². The average molecular weight is 265 g/mol. The number of aromatic nitrogens is 3. The molecule has 19 heavy (non-hydrogen) atoms. The molecule has 0 saturated heterocycles. The highest BCUT2D eigenvalue weighted by atomic mass is 16.5. The molecule has 2 rings (SSSR count). The fraction of sp³-hybridized carbons (Fsp3) is 0.769. The molecular weight excluding hydrogens is 242 g/mol. The van der Waals surface area contributed by atoms with Crippen LogP contribution in [0.15, 0.2) is 0 Å². The molecule has 1 saturated carbocycles. The minimum atomic E-state index is 0.340. The zero-order valence-electron chi connectivity index (χ0n) is 11.8. The van der Waals surface area contributed by atoms with Gasteiger partial charge in [-0.15, -0.1) is 0 Å². The predicted octanol–water partition coefficient (Wildman–Crippen LogP) is 2.45. The smallest absolute Gasteiger partial charge is 0.322 e. The molecule has 0 aliphatic heterocycles. The number of nitrogens with zero attached hydrogens (tertiary/aromatic N) is 3. The van der Waals surface area contributed by atoms with Gasteiger partial charge in [-0.1, -0.05) is 32.1 Å². The molecule has 1 aromatic heterocycles. The first-order chi connectivity index (χ1) is 9.31. The zero-order valence-corrected chi connectivity index (χ0v) is 11.8. The lowest BCUT2D eigenvalue weighted by Crippen LogP contribution is -2.22. The van der Waals surface area contributed by atoms with Crippen LogP contribution in [0.25, 0.3) is 0 Å². The Morgan fingerprint density at radius 2 is 1.58 bits per heavy atom. The van der Waals surface area contributed by atoms with Gasteiger partial charge in [0.05, 0.1) is 7.11 Å². The van der Waals surface area contributed by atoms with Crippen LogP contribution in [0.4, 0.5) is 11.9 Å². The van der Waals surface area contributed by atoms with Gasteiger partial charge in [-0.3, -0.25) is 0 Å². The van der Waals surface area contributed by atoms with Crippen LogP contribution in [0.2, 0.25) is 0 Å². The minimum Gasteiger partial charge on any atom is -0.467 e. The van der Waals surface area contributed by atoms with E-state index in [1.54, 1.807) is 14.2 Å². The lowest BCUT2D eigenvalue weighted by Gasteiger charge is -2.21. The van der Waals surface area contributed by atoms with Crippen LogP contribution in [0.1, 0.15) is 44.9 Å². The summed E-state index contributed by atoms with van der Waals surface area (Å²) in [5.41, 5.74) is 0. The van der Waals surface area contributed by atoms with Gasteiger partial charge < -0.3 is 15.4 Å². The van der Waals surface area contributed by atoms with E-state index in [1.165, 1.54) is 44.9 Å². The molecule has 1 aliphatic carbocycles. The molecule has 0 spiro atoms.